The number of carbonyl (C=O) groups is 1. The van der Waals surface area contributed by atoms with Crippen molar-refractivity contribution in [2.75, 3.05) is 32.9 Å². The summed E-state index contributed by atoms with van der Waals surface area (Å²) in [5.41, 5.74) is 5.67. The minimum Gasteiger partial charge on any atom is -0.394 e. The van der Waals surface area contributed by atoms with E-state index in [1.807, 2.05) is 4.90 Å². The van der Waals surface area contributed by atoms with Crippen molar-refractivity contribution >= 4 is 5.91 Å². The Labute approximate surface area is 108 Å². The first-order chi connectivity index (χ1) is 8.76. The van der Waals surface area contributed by atoms with Gasteiger partial charge in [-0.3, -0.25) is 4.79 Å². The van der Waals surface area contributed by atoms with Crippen molar-refractivity contribution in [3.63, 3.8) is 0 Å². The summed E-state index contributed by atoms with van der Waals surface area (Å²) in [6, 6.07) is -0.154. The summed E-state index contributed by atoms with van der Waals surface area (Å²) in [6.45, 7) is 2.38. The molecule has 0 aromatic heterocycles. The van der Waals surface area contributed by atoms with Gasteiger partial charge in [-0.25, -0.2) is 0 Å². The highest BCUT2D eigenvalue weighted by atomic mass is 16.5. The lowest BCUT2D eigenvalue weighted by Crippen LogP contribution is -2.52. The third-order valence-corrected chi connectivity index (χ3v) is 4.25. The fourth-order valence-electron chi connectivity index (χ4n) is 2.98. The molecule has 18 heavy (non-hydrogen) atoms. The molecule has 0 spiro atoms. The lowest BCUT2D eigenvalue weighted by molar-refractivity contribution is -0.147. The molecule has 5 heteroatoms. The summed E-state index contributed by atoms with van der Waals surface area (Å²) in [6.07, 6.45) is 3.99. The van der Waals surface area contributed by atoms with Crippen molar-refractivity contribution in [1.29, 1.82) is 0 Å². The zero-order valence-electron chi connectivity index (χ0n) is 10.9. The minimum absolute atomic E-state index is 0.0100. The molecule has 1 unspecified atom stereocenters. The summed E-state index contributed by atoms with van der Waals surface area (Å²) in [7, 11) is 0. The largest absolute Gasteiger partial charge is 0.394 e. The molecule has 1 atom stereocenters. The number of carbonyl (C=O) groups excluding carboxylic acids is 1. The van der Waals surface area contributed by atoms with Crippen LogP contribution in [0.15, 0.2) is 0 Å². The Hall–Kier alpha value is -0.650. The van der Waals surface area contributed by atoms with Crippen LogP contribution >= 0.6 is 0 Å². The molecule has 104 valence electrons. The van der Waals surface area contributed by atoms with Crippen molar-refractivity contribution in [3.05, 3.63) is 0 Å². The Morgan fingerprint density at radius 2 is 2.06 bits per heavy atom. The van der Waals surface area contributed by atoms with Crippen LogP contribution in [0.5, 0.6) is 0 Å². The van der Waals surface area contributed by atoms with Gasteiger partial charge in [-0.15, -0.1) is 0 Å². The number of morpholine rings is 1. The topological polar surface area (TPSA) is 75.8 Å². The van der Waals surface area contributed by atoms with E-state index in [2.05, 4.69) is 0 Å². The molecule has 2 rings (SSSR count). The molecule has 1 saturated heterocycles. The summed E-state index contributed by atoms with van der Waals surface area (Å²) in [5.74, 6) is 0.917. The van der Waals surface area contributed by atoms with Crippen molar-refractivity contribution in [2.45, 2.75) is 31.7 Å². The van der Waals surface area contributed by atoms with Gasteiger partial charge in [0.05, 0.1) is 25.9 Å². The zero-order valence-corrected chi connectivity index (χ0v) is 10.9. The lowest BCUT2D eigenvalue weighted by Gasteiger charge is -2.38. The molecule has 1 aliphatic heterocycles. The molecule has 1 saturated carbocycles. The molecule has 1 aliphatic carbocycles. The van der Waals surface area contributed by atoms with Gasteiger partial charge in [-0.2, -0.15) is 0 Å². The molecule has 0 bridgehead atoms. The monoisotopic (exact) mass is 256 g/mol. The highest BCUT2D eigenvalue weighted by Gasteiger charge is 2.33. The zero-order chi connectivity index (χ0) is 13.0. The summed E-state index contributed by atoms with van der Waals surface area (Å²) in [5, 5.41) is 9.30. The van der Waals surface area contributed by atoms with Gasteiger partial charge in [-0.1, -0.05) is 0 Å². The van der Waals surface area contributed by atoms with Crippen LogP contribution in [0.1, 0.15) is 25.7 Å². The first kappa shape index (κ1) is 13.8. The van der Waals surface area contributed by atoms with E-state index >= 15 is 0 Å². The van der Waals surface area contributed by atoms with Crippen LogP contribution in [-0.2, 0) is 9.53 Å². The Morgan fingerprint density at radius 1 is 1.33 bits per heavy atom. The maximum absolute atomic E-state index is 12.4. The van der Waals surface area contributed by atoms with Gasteiger partial charge >= 0.3 is 0 Å². The average molecular weight is 256 g/mol. The molecular weight excluding hydrogens is 232 g/mol. The van der Waals surface area contributed by atoms with Crippen molar-refractivity contribution < 1.29 is 14.6 Å². The molecule has 1 amide bonds. The number of ether oxygens (including phenoxy) is 1. The van der Waals surface area contributed by atoms with Gasteiger partial charge in [0.2, 0.25) is 5.91 Å². The Kier molecular flexibility index (Phi) is 4.97. The standard InChI is InChI=1S/C13H24N2O3/c14-7-10-1-3-11(4-2-10)13(17)15-5-6-18-9-12(15)8-16/h10-12,16H,1-9,14H2. The number of aliphatic hydroxyl groups excluding tert-OH is 1. The van der Waals surface area contributed by atoms with Gasteiger partial charge in [0.1, 0.15) is 0 Å². The van der Waals surface area contributed by atoms with Crippen LogP contribution in [0.4, 0.5) is 0 Å². The number of nitrogens with two attached hydrogens (primary N) is 1. The Morgan fingerprint density at radius 3 is 2.67 bits per heavy atom. The van der Waals surface area contributed by atoms with Crippen LogP contribution in [0, 0.1) is 11.8 Å². The second-order valence-electron chi connectivity index (χ2n) is 5.40. The number of hydrogen-bond donors (Lipinski definition) is 2. The van der Waals surface area contributed by atoms with Gasteiger partial charge in [0, 0.05) is 12.5 Å². The van der Waals surface area contributed by atoms with Gasteiger partial charge in [0.15, 0.2) is 0 Å². The molecule has 0 radical (unpaired) electrons. The molecule has 2 fully saturated rings. The van der Waals surface area contributed by atoms with E-state index in [-0.39, 0.29) is 24.5 Å². The van der Waals surface area contributed by atoms with Gasteiger partial charge in [-0.05, 0) is 38.1 Å². The number of rotatable bonds is 3. The van der Waals surface area contributed by atoms with Crippen molar-refractivity contribution in [3.8, 4) is 0 Å². The van der Waals surface area contributed by atoms with E-state index in [4.69, 9.17) is 10.5 Å². The SMILES string of the molecule is NCC1CCC(C(=O)N2CCOCC2CO)CC1. The quantitative estimate of drug-likeness (QED) is 0.743. The third-order valence-electron chi connectivity index (χ3n) is 4.25. The van der Waals surface area contributed by atoms with E-state index < -0.39 is 0 Å². The molecule has 5 nitrogen and oxygen atoms in total. The summed E-state index contributed by atoms with van der Waals surface area (Å²) in [4.78, 5) is 14.3. The first-order valence-corrected chi connectivity index (χ1v) is 6.95. The molecule has 2 aliphatic rings. The molecule has 0 aromatic rings. The highest BCUT2D eigenvalue weighted by molar-refractivity contribution is 5.79. The van der Waals surface area contributed by atoms with Crippen molar-refractivity contribution in [1.82, 2.24) is 4.90 Å². The van der Waals surface area contributed by atoms with E-state index in [0.29, 0.717) is 25.7 Å². The fourth-order valence-corrected chi connectivity index (χ4v) is 2.98. The number of hydrogen-bond acceptors (Lipinski definition) is 4. The third kappa shape index (κ3) is 3.02. The normalized spacial score (nSPS) is 33.4. The predicted molar refractivity (Wildman–Crippen MR) is 67.9 cm³/mol. The highest BCUT2D eigenvalue weighted by Crippen LogP contribution is 2.30. The smallest absolute Gasteiger partial charge is 0.226 e. The maximum Gasteiger partial charge on any atom is 0.226 e. The van der Waals surface area contributed by atoms with Gasteiger partial charge < -0.3 is 20.5 Å². The van der Waals surface area contributed by atoms with Crippen LogP contribution in [0.25, 0.3) is 0 Å². The van der Waals surface area contributed by atoms with E-state index in [1.165, 1.54) is 0 Å². The second-order valence-corrected chi connectivity index (χ2v) is 5.40. The molecule has 3 N–H and O–H groups in total. The van der Waals surface area contributed by atoms with Crippen molar-refractivity contribution in [2.24, 2.45) is 17.6 Å². The second kappa shape index (κ2) is 6.50. The number of amides is 1. The summed E-state index contributed by atoms with van der Waals surface area (Å²) < 4.78 is 5.30. The number of nitrogens with zero attached hydrogens (tertiary/aromatic N) is 1. The predicted octanol–water partition coefficient (Wildman–Crippen LogP) is -0.0288. The fraction of sp³-hybridized carbons (Fsp3) is 0.923. The van der Waals surface area contributed by atoms with E-state index in [1.54, 1.807) is 0 Å². The molecule has 0 aromatic carbocycles. The minimum atomic E-state index is -0.154. The van der Waals surface area contributed by atoms with Crippen LogP contribution in [-0.4, -0.2) is 54.9 Å². The Bertz CT molecular complexity index is 277. The maximum atomic E-state index is 12.4. The molecule has 1 heterocycles. The van der Waals surface area contributed by atoms with Crippen LogP contribution in [0.3, 0.4) is 0 Å². The van der Waals surface area contributed by atoms with Crippen LogP contribution in [0.2, 0.25) is 0 Å². The average Bonchev–Trinajstić information content (AvgIpc) is 2.46. The van der Waals surface area contributed by atoms with Gasteiger partial charge in [0.25, 0.3) is 0 Å². The Balaban J connectivity index is 1.90. The van der Waals surface area contributed by atoms with Crippen LogP contribution < -0.4 is 5.73 Å². The first-order valence-electron chi connectivity index (χ1n) is 6.95. The van der Waals surface area contributed by atoms with E-state index in [0.717, 1.165) is 32.2 Å². The summed E-state index contributed by atoms with van der Waals surface area (Å²) >= 11 is 0. The lowest BCUT2D eigenvalue weighted by atomic mass is 9.81. The number of aliphatic hydroxyl groups is 1. The van der Waals surface area contributed by atoms with E-state index in [9.17, 15) is 9.90 Å². The molecular formula is C13H24N2O3.